The number of β-amino-alcohol motifs (C(OH)–C–C–N with tert-alkyl or cyclic N) is 1. The van der Waals surface area contributed by atoms with Crippen molar-refractivity contribution in [3.63, 3.8) is 0 Å². The standard InChI is InChI=1S/C15H18N6O/c16-5-12-1-2-15(18-6-12)21-4-3-20(9-14(22)10-21)8-13-7-17-11-19-13/h1-2,6-7,11,14,22H,3-4,8-10H2,(H,17,19)/t14-/m0/s1. The van der Waals surface area contributed by atoms with E-state index in [2.05, 4.69) is 30.8 Å². The Bertz CT molecular complexity index is 633. The van der Waals surface area contributed by atoms with Crippen molar-refractivity contribution in [2.75, 3.05) is 31.1 Å². The third-order valence-electron chi connectivity index (χ3n) is 3.74. The van der Waals surface area contributed by atoms with E-state index in [1.807, 2.05) is 6.07 Å². The number of aromatic amines is 1. The topological polar surface area (TPSA) is 92.1 Å². The van der Waals surface area contributed by atoms with Crippen molar-refractivity contribution in [1.29, 1.82) is 5.26 Å². The van der Waals surface area contributed by atoms with Gasteiger partial charge in [0.05, 0.1) is 18.0 Å². The molecule has 3 heterocycles. The van der Waals surface area contributed by atoms with Crippen LogP contribution in [0, 0.1) is 11.3 Å². The Kier molecular flexibility index (Phi) is 4.32. The van der Waals surface area contributed by atoms with Crippen molar-refractivity contribution in [3.05, 3.63) is 42.1 Å². The number of pyridine rings is 1. The van der Waals surface area contributed by atoms with Crippen LogP contribution in [0.25, 0.3) is 0 Å². The SMILES string of the molecule is N#Cc1ccc(N2CCN(Cc3cnc[nH]3)C[C@H](O)C2)nc1. The number of hydrogen-bond donors (Lipinski definition) is 2. The number of aromatic nitrogens is 3. The maximum absolute atomic E-state index is 10.2. The van der Waals surface area contributed by atoms with Gasteiger partial charge in [0, 0.05) is 50.8 Å². The number of nitrogens with one attached hydrogen (secondary N) is 1. The molecule has 1 saturated heterocycles. The Morgan fingerprint density at radius 3 is 2.91 bits per heavy atom. The summed E-state index contributed by atoms with van der Waals surface area (Å²) in [5.74, 6) is 0.793. The number of hydrogen-bond acceptors (Lipinski definition) is 6. The van der Waals surface area contributed by atoms with Crippen LogP contribution in [0.3, 0.4) is 0 Å². The predicted molar refractivity (Wildman–Crippen MR) is 81.0 cm³/mol. The number of aliphatic hydroxyl groups excluding tert-OH is 1. The lowest BCUT2D eigenvalue weighted by Gasteiger charge is -2.22. The van der Waals surface area contributed by atoms with Gasteiger partial charge in [-0.05, 0) is 12.1 Å². The lowest BCUT2D eigenvalue weighted by molar-refractivity contribution is 0.128. The molecule has 7 nitrogen and oxygen atoms in total. The van der Waals surface area contributed by atoms with Gasteiger partial charge in [-0.3, -0.25) is 4.90 Å². The van der Waals surface area contributed by atoms with Gasteiger partial charge < -0.3 is 15.0 Å². The van der Waals surface area contributed by atoms with E-state index >= 15 is 0 Å². The summed E-state index contributed by atoms with van der Waals surface area (Å²) in [6, 6.07) is 5.64. The van der Waals surface area contributed by atoms with Crippen LogP contribution < -0.4 is 4.90 Å². The maximum Gasteiger partial charge on any atom is 0.128 e. The Morgan fingerprint density at radius 1 is 1.32 bits per heavy atom. The summed E-state index contributed by atoms with van der Waals surface area (Å²) in [5.41, 5.74) is 1.58. The van der Waals surface area contributed by atoms with E-state index < -0.39 is 6.10 Å². The van der Waals surface area contributed by atoms with Crippen LogP contribution in [0.5, 0.6) is 0 Å². The molecule has 0 unspecified atom stereocenters. The Hall–Kier alpha value is -2.43. The highest BCUT2D eigenvalue weighted by Crippen LogP contribution is 2.15. The number of H-pyrrole nitrogens is 1. The summed E-state index contributed by atoms with van der Waals surface area (Å²) >= 11 is 0. The second-order valence-electron chi connectivity index (χ2n) is 5.43. The van der Waals surface area contributed by atoms with Gasteiger partial charge in [0.2, 0.25) is 0 Å². The first-order valence-electron chi connectivity index (χ1n) is 7.23. The van der Waals surface area contributed by atoms with Crippen molar-refractivity contribution in [2.45, 2.75) is 12.6 Å². The van der Waals surface area contributed by atoms with Crippen molar-refractivity contribution >= 4 is 5.82 Å². The molecule has 3 rings (SSSR count). The third kappa shape index (κ3) is 3.42. The van der Waals surface area contributed by atoms with Crippen molar-refractivity contribution in [1.82, 2.24) is 19.9 Å². The van der Waals surface area contributed by atoms with Crippen LogP contribution >= 0.6 is 0 Å². The number of aliphatic hydroxyl groups is 1. The molecule has 2 aromatic heterocycles. The minimum absolute atomic E-state index is 0.442. The second kappa shape index (κ2) is 6.56. The summed E-state index contributed by atoms with van der Waals surface area (Å²) in [6.45, 7) is 3.51. The van der Waals surface area contributed by atoms with Crippen molar-refractivity contribution in [3.8, 4) is 6.07 Å². The molecular formula is C15H18N6O. The highest BCUT2D eigenvalue weighted by Gasteiger charge is 2.22. The fraction of sp³-hybridized carbons (Fsp3) is 0.400. The quantitative estimate of drug-likeness (QED) is 0.850. The molecule has 1 atom stereocenters. The Labute approximate surface area is 128 Å². The molecule has 0 bridgehead atoms. The van der Waals surface area contributed by atoms with E-state index in [4.69, 9.17) is 5.26 Å². The van der Waals surface area contributed by atoms with E-state index in [-0.39, 0.29) is 0 Å². The molecule has 0 amide bonds. The summed E-state index contributed by atoms with van der Waals surface area (Å²) < 4.78 is 0. The molecule has 114 valence electrons. The molecule has 0 aliphatic carbocycles. The van der Waals surface area contributed by atoms with Gasteiger partial charge in [-0.2, -0.15) is 5.26 Å². The molecule has 1 aliphatic rings. The number of nitrogens with zero attached hydrogens (tertiary/aromatic N) is 5. The minimum Gasteiger partial charge on any atom is -0.390 e. The van der Waals surface area contributed by atoms with Crippen LogP contribution in [-0.2, 0) is 6.54 Å². The van der Waals surface area contributed by atoms with E-state index in [1.165, 1.54) is 0 Å². The van der Waals surface area contributed by atoms with Gasteiger partial charge >= 0.3 is 0 Å². The van der Waals surface area contributed by atoms with Gasteiger partial charge in [-0.25, -0.2) is 9.97 Å². The van der Waals surface area contributed by atoms with Crippen LogP contribution in [-0.4, -0.2) is 57.2 Å². The van der Waals surface area contributed by atoms with Gasteiger partial charge in [0.1, 0.15) is 11.9 Å². The summed E-state index contributed by atoms with van der Waals surface area (Å²) in [6.07, 6.45) is 4.59. The molecule has 1 aliphatic heterocycles. The van der Waals surface area contributed by atoms with E-state index in [1.54, 1.807) is 24.8 Å². The van der Waals surface area contributed by atoms with Crippen LogP contribution in [0.15, 0.2) is 30.9 Å². The third-order valence-corrected chi connectivity index (χ3v) is 3.74. The number of imidazole rings is 1. The van der Waals surface area contributed by atoms with Crippen LogP contribution in [0.4, 0.5) is 5.82 Å². The van der Waals surface area contributed by atoms with Gasteiger partial charge in [0.15, 0.2) is 0 Å². The summed E-state index contributed by atoms with van der Waals surface area (Å²) in [4.78, 5) is 15.7. The molecule has 2 aromatic rings. The monoisotopic (exact) mass is 298 g/mol. The van der Waals surface area contributed by atoms with Crippen molar-refractivity contribution in [2.24, 2.45) is 0 Å². The first-order valence-corrected chi connectivity index (χ1v) is 7.23. The van der Waals surface area contributed by atoms with Crippen molar-refractivity contribution < 1.29 is 5.11 Å². The number of nitriles is 1. The van der Waals surface area contributed by atoms with Crippen LogP contribution in [0.1, 0.15) is 11.3 Å². The highest BCUT2D eigenvalue weighted by atomic mass is 16.3. The van der Waals surface area contributed by atoms with Gasteiger partial charge in [-0.15, -0.1) is 0 Å². The minimum atomic E-state index is -0.442. The first-order chi connectivity index (χ1) is 10.7. The Balaban J connectivity index is 1.67. The smallest absolute Gasteiger partial charge is 0.128 e. The highest BCUT2D eigenvalue weighted by molar-refractivity contribution is 5.42. The molecule has 22 heavy (non-hydrogen) atoms. The molecule has 1 fully saturated rings. The molecule has 0 spiro atoms. The second-order valence-corrected chi connectivity index (χ2v) is 5.43. The molecular weight excluding hydrogens is 280 g/mol. The summed E-state index contributed by atoms with van der Waals surface area (Å²) in [7, 11) is 0. The first kappa shape index (κ1) is 14.5. The molecule has 0 aromatic carbocycles. The lowest BCUT2D eigenvalue weighted by atomic mass is 10.3. The number of rotatable bonds is 3. The van der Waals surface area contributed by atoms with Gasteiger partial charge in [-0.1, -0.05) is 0 Å². The largest absolute Gasteiger partial charge is 0.390 e. The van der Waals surface area contributed by atoms with E-state index in [9.17, 15) is 5.11 Å². The van der Waals surface area contributed by atoms with Gasteiger partial charge in [0.25, 0.3) is 0 Å². The number of anilines is 1. The normalized spacial score (nSPS) is 19.6. The van der Waals surface area contributed by atoms with Crippen LogP contribution in [0.2, 0.25) is 0 Å². The average Bonchev–Trinajstić information content (AvgIpc) is 2.97. The average molecular weight is 298 g/mol. The fourth-order valence-corrected chi connectivity index (χ4v) is 2.66. The zero-order chi connectivity index (χ0) is 15.4. The zero-order valence-electron chi connectivity index (χ0n) is 12.2. The Morgan fingerprint density at radius 2 is 2.23 bits per heavy atom. The molecule has 7 heteroatoms. The molecule has 2 N–H and O–H groups in total. The predicted octanol–water partition coefficient (Wildman–Crippen LogP) is 0.359. The fourth-order valence-electron chi connectivity index (χ4n) is 2.66. The summed E-state index contributed by atoms with van der Waals surface area (Å²) in [5, 5.41) is 19.1. The maximum atomic E-state index is 10.2. The zero-order valence-corrected chi connectivity index (χ0v) is 12.2. The lowest BCUT2D eigenvalue weighted by Crippen LogP contribution is -2.33. The van der Waals surface area contributed by atoms with E-state index in [0.717, 1.165) is 31.1 Å². The molecule has 0 radical (unpaired) electrons. The molecule has 0 saturated carbocycles. The van der Waals surface area contributed by atoms with E-state index in [0.29, 0.717) is 18.7 Å².